The zero-order chi connectivity index (χ0) is 20.4. The fourth-order valence-corrected chi connectivity index (χ4v) is 5.15. The van der Waals surface area contributed by atoms with E-state index in [1.54, 1.807) is 12.1 Å². The monoisotopic (exact) mass is 404 g/mol. The van der Waals surface area contributed by atoms with Crippen LogP contribution in [0.5, 0.6) is 5.75 Å². The van der Waals surface area contributed by atoms with Gasteiger partial charge in [0.1, 0.15) is 18.2 Å². The number of halogens is 1. The van der Waals surface area contributed by atoms with Gasteiger partial charge in [0.25, 0.3) is 0 Å². The SMILES string of the molecule is Fc1ccc(C2(C3NCCc4ccc(OCCN5C=CC=CC5)cc43)CCC2)cc1. The van der Waals surface area contributed by atoms with Crippen LogP contribution >= 0.6 is 0 Å². The minimum Gasteiger partial charge on any atom is -0.492 e. The molecule has 2 aromatic rings. The molecule has 4 heteroatoms. The Morgan fingerprint density at radius 3 is 2.70 bits per heavy atom. The molecule has 3 nitrogen and oxygen atoms in total. The van der Waals surface area contributed by atoms with E-state index in [2.05, 4.69) is 52.8 Å². The van der Waals surface area contributed by atoms with Gasteiger partial charge < -0.3 is 15.0 Å². The summed E-state index contributed by atoms with van der Waals surface area (Å²) in [7, 11) is 0. The number of benzene rings is 2. The Labute approximate surface area is 178 Å². The first kappa shape index (κ1) is 19.4. The number of ether oxygens (including phenoxy) is 1. The Bertz CT molecular complexity index is 946. The summed E-state index contributed by atoms with van der Waals surface area (Å²) in [4.78, 5) is 2.25. The van der Waals surface area contributed by atoms with Crippen molar-refractivity contribution >= 4 is 0 Å². The zero-order valence-corrected chi connectivity index (χ0v) is 17.3. The first-order valence-electron chi connectivity index (χ1n) is 11.1. The molecule has 0 radical (unpaired) electrons. The van der Waals surface area contributed by atoms with Gasteiger partial charge in [-0.05, 0) is 79.0 Å². The molecule has 1 fully saturated rings. The number of fused-ring (bicyclic) bond motifs is 1. The summed E-state index contributed by atoms with van der Waals surface area (Å²) < 4.78 is 19.7. The van der Waals surface area contributed by atoms with Gasteiger partial charge in [-0.2, -0.15) is 0 Å². The molecular formula is C26H29FN2O. The maximum absolute atomic E-state index is 13.5. The summed E-state index contributed by atoms with van der Waals surface area (Å²) >= 11 is 0. The van der Waals surface area contributed by atoms with Gasteiger partial charge in [-0.1, -0.05) is 36.8 Å². The van der Waals surface area contributed by atoms with Crippen LogP contribution in [0.25, 0.3) is 0 Å². The number of allylic oxidation sites excluding steroid dienone is 2. The zero-order valence-electron chi connectivity index (χ0n) is 17.3. The molecule has 0 aromatic heterocycles. The molecule has 3 aliphatic rings. The van der Waals surface area contributed by atoms with Crippen LogP contribution in [0.4, 0.5) is 4.39 Å². The number of nitrogens with zero attached hydrogens (tertiary/aromatic N) is 1. The summed E-state index contributed by atoms with van der Waals surface area (Å²) in [6, 6.07) is 14.0. The smallest absolute Gasteiger partial charge is 0.123 e. The third-order valence-electron chi connectivity index (χ3n) is 6.92. The highest BCUT2D eigenvalue weighted by atomic mass is 19.1. The minimum atomic E-state index is -0.167. The van der Waals surface area contributed by atoms with Crippen LogP contribution < -0.4 is 10.1 Å². The molecule has 0 bridgehead atoms. The molecule has 0 amide bonds. The Morgan fingerprint density at radius 1 is 1.10 bits per heavy atom. The molecule has 30 heavy (non-hydrogen) atoms. The van der Waals surface area contributed by atoms with E-state index in [-0.39, 0.29) is 17.3 Å². The van der Waals surface area contributed by atoms with Crippen molar-refractivity contribution in [2.75, 3.05) is 26.2 Å². The van der Waals surface area contributed by atoms with Crippen molar-refractivity contribution in [1.29, 1.82) is 0 Å². The third-order valence-corrected chi connectivity index (χ3v) is 6.92. The normalized spacial score (nSPS) is 21.8. The molecule has 2 heterocycles. The van der Waals surface area contributed by atoms with E-state index in [1.165, 1.54) is 23.1 Å². The van der Waals surface area contributed by atoms with Crippen molar-refractivity contribution in [3.63, 3.8) is 0 Å². The van der Waals surface area contributed by atoms with Crippen molar-refractivity contribution in [2.24, 2.45) is 0 Å². The first-order chi connectivity index (χ1) is 14.7. The van der Waals surface area contributed by atoms with Crippen LogP contribution in [-0.2, 0) is 11.8 Å². The van der Waals surface area contributed by atoms with Gasteiger partial charge in [-0.3, -0.25) is 0 Å². The molecular weight excluding hydrogens is 375 g/mol. The van der Waals surface area contributed by atoms with E-state index in [1.807, 2.05) is 12.1 Å². The molecule has 1 saturated carbocycles. The van der Waals surface area contributed by atoms with Crippen LogP contribution in [0.15, 0.2) is 66.9 Å². The van der Waals surface area contributed by atoms with E-state index in [4.69, 9.17) is 4.74 Å². The van der Waals surface area contributed by atoms with Gasteiger partial charge >= 0.3 is 0 Å². The van der Waals surface area contributed by atoms with Gasteiger partial charge in [0.15, 0.2) is 0 Å². The predicted molar refractivity (Wildman–Crippen MR) is 118 cm³/mol. The lowest BCUT2D eigenvalue weighted by Gasteiger charge is -2.50. The van der Waals surface area contributed by atoms with E-state index < -0.39 is 0 Å². The van der Waals surface area contributed by atoms with E-state index in [9.17, 15) is 4.39 Å². The highest BCUT2D eigenvalue weighted by Gasteiger charge is 2.47. The second-order valence-electron chi connectivity index (χ2n) is 8.63. The molecule has 1 aliphatic carbocycles. The van der Waals surface area contributed by atoms with Crippen LogP contribution in [0.1, 0.15) is 42.0 Å². The minimum absolute atomic E-state index is 0.0480. The van der Waals surface area contributed by atoms with E-state index in [0.717, 1.165) is 44.6 Å². The van der Waals surface area contributed by atoms with Gasteiger partial charge in [0.2, 0.25) is 0 Å². The third kappa shape index (κ3) is 3.65. The van der Waals surface area contributed by atoms with E-state index in [0.29, 0.717) is 6.61 Å². The Hall–Kier alpha value is -2.59. The molecule has 2 aliphatic heterocycles. The molecule has 156 valence electrons. The van der Waals surface area contributed by atoms with Crippen molar-refractivity contribution in [3.8, 4) is 5.75 Å². The van der Waals surface area contributed by atoms with Gasteiger partial charge in [-0.15, -0.1) is 0 Å². The van der Waals surface area contributed by atoms with Crippen molar-refractivity contribution < 1.29 is 9.13 Å². The number of nitrogens with one attached hydrogen (secondary N) is 1. The predicted octanol–water partition coefficient (Wildman–Crippen LogP) is 4.90. The van der Waals surface area contributed by atoms with Crippen molar-refractivity contribution in [3.05, 3.63) is 89.4 Å². The maximum atomic E-state index is 13.5. The number of hydrogen-bond acceptors (Lipinski definition) is 3. The molecule has 2 aromatic carbocycles. The number of rotatable bonds is 6. The largest absolute Gasteiger partial charge is 0.492 e. The van der Waals surface area contributed by atoms with Gasteiger partial charge in [0, 0.05) is 18.0 Å². The summed E-state index contributed by atoms with van der Waals surface area (Å²) in [5.74, 6) is 0.771. The molecule has 1 atom stereocenters. The summed E-state index contributed by atoms with van der Waals surface area (Å²) in [6.07, 6.45) is 12.9. The van der Waals surface area contributed by atoms with Crippen LogP contribution in [0.2, 0.25) is 0 Å². The fraction of sp³-hybridized carbons (Fsp3) is 0.385. The van der Waals surface area contributed by atoms with Crippen LogP contribution in [-0.4, -0.2) is 31.1 Å². The van der Waals surface area contributed by atoms with Crippen LogP contribution in [0, 0.1) is 5.82 Å². The van der Waals surface area contributed by atoms with Gasteiger partial charge in [0.05, 0.1) is 6.54 Å². The first-order valence-corrected chi connectivity index (χ1v) is 11.1. The lowest BCUT2D eigenvalue weighted by atomic mass is 9.58. The molecule has 0 spiro atoms. The quantitative estimate of drug-likeness (QED) is 0.741. The lowest BCUT2D eigenvalue weighted by Crippen LogP contribution is -2.49. The maximum Gasteiger partial charge on any atom is 0.123 e. The topological polar surface area (TPSA) is 24.5 Å². The molecule has 5 rings (SSSR count). The van der Waals surface area contributed by atoms with E-state index >= 15 is 0 Å². The fourth-order valence-electron chi connectivity index (χ4n) is 5.15. The second kappa shape index (κ2) is 8.27. The van der Waals surface area contributed by atoms with Crippen molar-refractivity contribution in [2.45, 2.75) is 37.1 Å². The molecule has 0 saturated heterocycles. The Balaban J connectivity index is 1.36. The van der Waals surface area contributed by atoms with Crippen LogP contribution in [0.3, 0.4) is 0 Å². The summed E-state index contributed by atoms with van der Waals surface area (Å²) in [5, 5.41) is 3.79. The average Bonchev–Trinajstić information content (AvgIpc) is 2.75. The standard InChI is InChI=1S/C26H29FN2O/c27-22-8-6-21(7-9-22)26(12-4-13-26)25-24-19-23(10-5-20(24)11-14-28-25)30-18-17-29-15-2-1-3-16-29/h1-3,5-10,15,19,25,28H,4,11-14,16-18H2. The summed E-state index contributed by atoms with van der Waals surface area (Å²) in [5.41, 5.74) is 4.05. The highest BCUT2D eigenvalue weighted by molar-refractivity contribution is 5.44. The Kier molecular flexibility index (Phi) is 5.34. The average molecular weight is 405 g/mol. The highest BCUT2D eigenvalue weighted by Crippen LogP contribution is 2.53. The second-order valence-corrected chi connectivity index (χ2v) is 8.63. The van der Waals surface area contributed by atoms with Crippen molar-refractivity contribution in [1.82, 2.24) is 10.2 Å². The Morgan fingerprint density at radius 2 is 1.97 bits per heavy atom. The lowest BCUT2D eigenvalue weighted by molar-refractivity contribution is 0.164. The van der Waals surface area contributed by atoms with Gasteiger partial charge in [-0.25, -0.2) is 4.39 Å². The molecule has 1 unspecified atom stereocenters. The summed E-state index contributed by atoms with van der Waals surface area (Å²) in [6.45, 7) is 3.46. The molecule has 1 N–H and O–H groups in total. The number of hydrogen-bond donors (Lipinski definition) is 1.